The fraction of sp³-hybridized carbons (Fsp3) is 0.579. The second-order valence-electron chi connectivity index (χ2n) is 6.74. The van der Waals surface area contributed by atoms with Crippen molar-refractivity contribution < 1.29 is 14.3 Å². The molecular formula is C19H26N2O3. The standard InChI is InChI=1S/C19H26N2O3/c1-15(23)16-6-8-18(9-7-16)24-19(14-22)21-12-10-20(11-13-21)17-4-2-3-5-17/h6-9,14,17,19H,2-5,10-13H2,1H3. The Morgan fingerprint density at radius 3 is 2.29 bits per heavy atom. The quantitative estimate of drug-likeness (QED) is 0.592. The fourth-order valence-corrected chi connectivity index (χ4v) is 3.72. The van der Waals surface area contributed by atoms with Gasteiger partial charge < -0.3 is 4.74 Å². The van der Waals surface area contributed by atoms with Crippen molar-refractivity contribution >= 4 is 12.1 Å². The normalized spacial score (nSPS) is 21.5. The number of rotatable bonds is 6. The number of ether oxygens (including phenoxy) is 1. The number of carbonyl (C=O) groups excluding carboxylic acids is 2. The highest BCUT2D eigenvalue weighted by Gasteiger charge is 2.29. The zero-order chi connectivity index (χ0) is 16.9. The maximum atomic E-state index is 11.5. The Labute approximate surface area is 143 Å². The molecule has 3 rings (SSSR count). The van der Waals surface area contributed by atoms with Crippen LogP contribution >= 0.6 is 0 Å². The number of hydrogen-bond acceptors (Lipinski definition) is 5. The molecule has 0 radical (unpaired) electrons. The van der Waals surface area contributed by atoms with Crippen molar-refractivity contribution in [1.29, 1.82) is 0 Å². The summed E-state index contributed by atoms with van der Waals surface area (Å²) in [4.78, 5) is 27.5. The summed E-state index contributed by atoms with van der Waals surface area (Å²) in [6.07, 6.45) is 5.64. The monoisotopic (exact) mass is 330 g/mol. The Kier molecular flexibility index (Phi) is 5.63. The van der Waals surface area contributed by atoms with Crippen LogP contribution in [0.1, 0.15) is 43.0 Å². The lowest BCUT2D eigenvalue weighted by Crippen LogP contribution is -2.54. The first-order chi connectivity index (χ1) is 11.7. The van der Waals surface area contributed by atoms with Gasteiger partial charge in [-0.1, -0.05) is 12.8 Å². The van der Waals surface area contributed by atoms with E-state index in [-0.39, 0.29) is 5.78 Å². The summed E-state index contributed by atoms with van der Waals surface area (Å²) in [5.41, 5.74) is 0.648. The molecule has 24 heavy (non-hydrogen) atoms. The van der Waals surface area contributed by atoms with Crippen LogP contribution in [0.3, 0.4) is 0 Å². The SMILES string of the molecule is CC(=O)c1ccc(OC(C=O)N2CCN(C3CCCC3)CC2)cc1. The molecule has 2 aliphatic rings. The van der Waals surface area contributed by atoms with Crippen molar-refractivity contribution in [2.45, 2.75) is 44.9 Å². The average Bonchev–Trinajstić information content (AvgIpc) is 3.15. The van der Waals surface area contributed by atoms with Gasteiger partial charge in [0, 0.05) is 37.8 Å². The molecule has 0 bridgehead atoms. The highest BCUT2D eigenvalue weighted by atomic mass is 16.5. The molecule has 1 aromatic carbocycles. The molecule has 1 aliphatic carbocycles. The number of Topliss-reactive ketones (excluding diaryl/α,β-unsaturated/α-hetero) is 1. The third-order valence-electron chi connectivity index (χ3n) is 5.18. The minimum absolute atomic E-state index is 0.0246. The molecule has 1 aromatic rings. The summed E-state index contributed by atoms with van der Waals surface area (Å²) < 4.78 is 5.83. The van der Waals surface area contributed by atoms with Crippen molar-refractivity contribution in [1.82, 2.24) is 9.80 Å². The van der Waals surface area contributed by atoms with E-state index in [1.54, 1.807) is 24.3 Å². The van der Waals surface area contributed by atoms with E-state index in [4.69, 9.17) is 4.74 Å². The van der Waals surface area contributed by atoms with Gasteiger partial charge in [0.1, 0.15) is 5.75 Å². The molecular weight excluding hydrogens is 304 g/mol. The molecule has 1 unspecified atom stereocenters. The zero-order valence-electron chi connectivity index (χ0n) is 14.3. The van der Waals surface area contributed by atoms with E-state index in [2.05, 4.69) is 9.80 Å². The van der Waals surface area contributed by atoms with Gasteiger partial charge in [0.25, 0.3) is 0 Å². The molecule has 1 saturated carbocycles. The van der Waals surface area contributed by atoms with Crippen LogP contribution in [0.5, 0.6) is 5.75 Å². The molecule has 1 aliphatic heterocycles. The largest absolute Gasteiger partial charge is 0.468 e. The van der Waals surface area contributed by atoms with Crippen molar-refractivity contribution in [3.05, 3.63) is 29.8 Å². The van der Waals surface area contributed by atoms with Gasteiger partial charge in [-0.2, -0.15) is 0 Å². The third-order valence-corrected chi connectivity index (χ3v) is 5.18. The number of aldehydes is 1. The van der Waals surface area contributed by atoms with Gasteiger partial charge in [0.15, 0.2) is 12.1 Å². The minimum Gasteiger partial charge on any atom is -0.468 e. The predicted molar refractivity (Wildman–Crippen MR) is 92.3 cm³/mol. The van der Waals surface area contributed by atoms with Crippen LogP contribution in [-0.4, -0.2) is 60.3 Å². The van der Waals surface area contributed by atoms with Crippen molar-refractivity contribution in [2.24, 2.45) is 0 Å². The van der Waals surface area contributed by atoms with Gasteiger partial charge in [-0.15, -0.1) is 0 Å². The second-order valence-corrected chi connectivity index (χ2v) is 6.74. The molecule has 2 fully saturated rings. The fourth-order valence-electron chi connectivity index (χ4n) is 3.72. The van der Waals surface area contributed by atoms with E-state index in [0.29, 0.717) is 11.3 Å². The van der Waals surface area contributed by atoms with Gasteiger partial charge in [0.2, 0.25) is 6.23 Å². The maximum absolute atomic E-state index is 11.5. The van der Waals surface area contributed by atoms with E-state index in [1.165, 1.54) is 32.6 Å². The second kappa shape index (κ2) is 7.90. The maximum Gasteiger partial charge on any atom is 0.209 e. The van der Waals surface area contributed by atoms with E-state index < -0.39 is 6.23 Å². The lowest BCUT2D eigenvalue weighted by atomic mass is 10.1. The summed E-state index contributed by atoms with van der Waals surface area (Å²) >= 11 is 0. The Bertz CT molecular complexity index is 558. The van der Waals surface area contributed by atoms with Crippen LogP contribution in [0.15, 0.2) is 24.3 Å². The molecule has 0 amide bonds. The lowest BCUT2D eigenvalue weighted by molar-refractivity contribution is -0.123. The molecule has 1 heterocycles. The Morgan fingerprint density at radius 1 is 1.12 bits per heavy atom. The first-order valence-electron chi connectivity index (χ1n) is 8.88. The molecule has 130 valence electrons. The lowest BCUT2D eigenvalue weighted by Gasteiger charge is -2.39. The molecule has 0 N–H and O–H groups in total. The topological polar surface area (TPSA) is 49.9 Å². The van der Waals surface area contributed by atoms with E-state index >= 15 is 0 Å². The molecule has 5 nitrogen and oxygen atoms in total. The van der Waals surface area contributed by atoms with Crippen LogP contribution in [0.25, 0.3) is 0 Å². The molecule has 0 spiro atoms. The smallest absolute Gasteiger partial charge is 0.209 e. The first-order valence-corrected chi connectivity index (χ1v) is 8.88. The van der Waals surface area contributed by atoms with Gasteiger partial charge in [-0.3, -0.25) is 19.4 Å². The first kappa shape index (κ1) is 17.1. The van der Waals surface area contributed by atoms with Gasteiger partial charge >= 0.3 is 0 Å². The van der Waals surface area contributed by atoms with Gasteiger partial charge in [-0.05, 0) is 44.0 Å². The van der Waals surface area contributed by atoms with E-state index in [0.717, 1.165) is 38.5 Å². The third kappa shape index (κ3) is 4.02. The molecule has 5 heteroatoms. The van der Waals surface area contributed by atoms with Crippen LogP contribution < -0.4 is 4.74 Å². The molecule has 0 aromatic heterocycles. The number of piperazine rings is 1. The van der Waals surface area contributed by atoms with Crippen LogP contribution in [0.4, 0.5) is 0 Å². The van der Waals surface area contributed by atoms with Crippen molar-refractivity contribution in [3.8, 4) is 5.75 Å². The summed E-state index contributed by atoms with van der Waals surface area (Å²) in [5.74, 6) is 0.645. The number of nitrogens with zero attached hydrogens (tertiary/aromatic N) is 2. The van der Waals surface area contributed by atoms with E-state index in [1.807, 2.05) is 0 Å². The van der Waals surface area contributed by atoms with Crippen molar-refractivity contribution in [3.63, 3.8) is 0 Å². The van der Waals surface area contributed by atoms with Gasteiger partial charge in [0.05, 0.1) is 0 Å². The van der Waals surface area contributed by atoms with Crippen LogP contribution in [0.2, 0.25) is 0 Å². The van der Waals surface area contributed by atoms with Gasteiger partial charge in [-0.25, -0.2) is 0 Å². The average molecular weight is 330 g/mol. The van der Waals surface area contributed by atoms with E-state index in [9.17, 15) is 9.59 Å². The Morgan fingerprint density at radius 2 is 1.75 bits per heavy atom. The summed E-state index contributed by atoms with van der Waals surface area (Å²) in [6.45, 7) is 5.24. The highest BCUT2D eigenvalue weighted by Crippen LogP contribution is 2.25. The Balaban J connectivity index is 1.54. The summed E-state index contributed by atoms with van der Waals surface area (Å²) in [5, 5.41) is 0. The summed E-state index contributed by atoms with van der Waals surface area (Å²) in [6, 6.07) is 7.71. The predicted octanol–water partition coefficient (Wildman–Crippen LogP) is 2.35. The number of ketones is 1. The number of benzene rings is 1. The number of hydrogen-bond donors (Lipinski definition) is 0. The van der Waals surface area contributed by atoms with Crippen LogP contribution in [0, 0.1) is 0 Å². The van der Waals surface area contributed by atoms with Crippen molar-refractivity contribution in [2.75, 3.05) is 26.2 Å². The molecule has 1 saturated heterocycles. The highest BCUT2D eigenvalue weighted by molar-refractivity contribution is 5.94. The Hall–Kier alpha value is -1.72. The zero-order valence-corrected chi connectivity index (χ0v) is 14.3. The summed E-state index contributed by atoms with van der Waals surface area (Å²) in [7, 11) is 0. The minimum atomic E-state index is -0.557. The van der Waals surface area contributed by atoms with Crippen LogP contribution in [-0.2, 0) is 4.79 Å². The number of carbonyl (C=O) groups is 2. The molecule has 1 atom stereocenters.